The van der Waals surface area contributed by atoms with Crippen LogP contribution in [0, 0.1) is 12.8 Å². The molecular weight excluding hydrogens is 462 g/mol. The first-order chi connectivity index (χ1) is 17.9. The van der Waals surface area contributed by atoms with Gasteiger partial charge in [-0.15, -0.1) is 0 Å². The zero-order valence-corrected chi connectivity index (χ0v) is 21.4. The second kappa shape index (κ2) is 10.6. The zero-order valence-electron chi connectivity index (χ0n) is 21.4. The Bertz CT molecular complexity index is 1350. The molecule has 1 fully saturated rings. The minimum atomic E-state index is -0.472. The van der Waals surface area contributed by atoms with Crippen molar-refractivity contribution in [2.24, 2.45) is 10.9 Å². The molecule has 3 aromatic carbocycles. The first kappa shape index (κ1) is 24.7. The Kier molecular flexibility index (Phi) is 7.04. The minimum Gasteiger partial charge on any atom is -0.497 e. The summed E-state index contributed by atoms with van der Waals surface area (Å²) in [6.07, 6.45) is 1.08. The summed E-state index contributed by atoms with van der Waals surface area (Å²) in [5.41, 5.74) is 6.01. The van der Waals surface area contributed by atoms with E-state index in [1.165, 1.54) is 0 Å². The number of ketones is 1. The van der Waals surface area contributed by atoms with Gasteiger partial charge in [-0.1, -0.05) is 72.3 Å². The monoisotopic (exact) mass is 493 g/mol. The summed E-state index contributed by atoms with van der Waals surface area (Å²) >= 11 is 0. The first-order valence-corrected chi connectivity index (χ1v) is 12.7. The standard InChI is InChI=1S/C32H31NO4/c1-20-9-11-24(12-10-20)30-29(32(35)37-19-22-7-5-4-6-8-22)21(2)33-27-17-25(18-28(34)31(27)30)23-13-15-26(36-3)16-14-23/h4-16,25,30-31H,17-19H2,1-3H3/t25-,30-,31?/m1/s1. The highest BCUT2D eigenvalue weighted by Gasteiger charge is 2.46. The molecule has 0 aromatic heterocycles. The summed E-state index contributed by atoms with van der Waals surface area (Å²) in [6, 6.07) is 25.6. The molecule has 0 radical (unpaired) electrons. The highest BCUT2D eigenvalue weighted by molar-refractivity contribution is 6.12. The van der Waals surface area contributed by atoms with Gasteiger partial charge in [0.15, 0.2) is 0 Å². The van der Waals surface area contributed by atoms with E-state index in [0.29, 0.717) is 24.1 Å². The summed E-state index contributed by atoms with van der Waals surface area (Å²) in [5, 5.41) is 0. The van der Waals surface area contributed by atoms with E-state index >= 15 is 0 Å². The number of ether oxygens (including phenoxy) is 2. The lowest BCUT2D eigenvalue weighted by atomic mass is 9.66. The highest BCUT2D eigenvalue weighted by atomic mass is 16.5. The molecule has 3 aromatic rings. The van der Waals surface area contributed by atoms with Crippen LogP contribution in [0.25, 0.3) is 0 Å². The SMILES string of the molecule is COc1ccc([C@H]2CC(=O)C3C(=NC(C)=C(C(=O)OCc4ccccc4)[C@H]3c3ccc(C)cc3)C2)cc1. The molecule has 1 aliphatic heterocycles. The number of hydrogen-bond donors (Lipinski definition) is 0. The van der Waals surface area contributed by atoms with Gasteiger partial charge >= 0.3 is 5.97 Å². The molecule has 5 nitrogen and oxygen atoms in total. The number of carbonyl (C=O) groups is 2. The molecule has 1 aliphatic carbocycles. The third kappa shape index (κ3) is 5.12. The number of allylic oxidation sites excluding steroid dienone is 1. The van der Waals surface area contributed by atoms with Crippen LogP contribution in [0.4, 0.5) is 0 Å². The molecule has 5 heteroatoms. The van der Waals surface area contributed by atoms with E-state index in [9.17, 15) is 9.59 Å². The van der Waals surface area contributed by atoms with Gasteiger partial charge in [0.25, 0.3) is 0 Å². The summed E-state index contributed by atoms with van der Waals surface area (Å²) in [4.78, 5) is 32.1. The predicted molar refractivity (Wildman–Crippen MR) is 144 cm³/mol. The molecule has 188 valence electrons. The number of fused-ring (bicyclic) bond motifs is 1. The number of benzene rings is 3. The third-order valence-electron chi connectivity index (χ3n) is 7.41. The number of aliphatic imine (C=N–C) groups is 1. The van der Waals surface area contributed by atoms with Crippen LogP contribution in [-0.4, -0.2) is 24.6 Å². The van der Waals surface area contributed by atoms with Crippen LogP contribution in [-0.2, 0) is 20.9 Å². The van der Waals surface area contributed by atoms with Crippen molar-refractivity contribution in [3.63, 3.8) is 0 Å². The van der Waals surface area contributed by atoms with Crippen molar-refractivity contribution in [3.8, 4) is 5.75 Å². The van der Waals surface area contributed by atoms with Crippen molar-refractivity contribution in [1.29, 1.82) is 0 Å². The quantitative estimate of drug-likeness (QED) is 0.377. The van der Waals surface area contributed by atoms with E-state index in [1.807, 2.05) is 92.7 Å². The second-order valence-electron chi connectivity index (χ2n) is 9.87. The van der Waals surface area contributed by atoms with E-state index in [1.54, 1.807) is 7.11 Å². The molecule has 0 spiro atoms. The zero-order chi connectivity index (χ0) is 25.9. The fourth-order valence-electron chi connectivity index (χ4n) is 5.49. The van der Waals surface area contributed by atoms with E-state index in [2.05, 4.69) is 0 Å². The Hall–Kier alpha value is -3.99. The van der Waals surface area contributed by atoms with Crippen LogP contribution < -0.4 is 4.74 Å². The van der Waals surface area contributed by atoms with E-state index in [0.717, 1.165) is 33.7 Å². The Morgan fingerprint density at radius 3 is 2.22 bits per heavy atom. The maximum atomic E-state index is 13.8. The van der Waals surface area contributed by atoms with Gasteiger partial charge in [0, 0.05) is 23.7 Å². The molecule has 1 heterocycles. The van der Waals surface area contributed by atoms with Gasteiger partial charge < -0.3 is 9.47 Å². The molecule has 0 amide bonds. The van der Waals surface area contributed by atoms with E-state index in [4.69, 9.17) is 14.5 Å². The van der Waals surface area contributed by atoms with Crippen LogP contribution in [0.2, 0.25) is 0 Å². The fourth-order valence-corrected chi connectivity index (χ4v) is 5.49. The Morgan fingerprint density at radius 2 is 1.54 bits per heavy atom. The summed E-state index contributed by atoms with van der Waals surface area (Å²) in [6.45, 7) is 4.05. The van der Waals surface area contributed by atoms with Crippen molar-refractivity contribution in [2.75, 3.05) is 7.11 Å². The summed E-state index contributed by atoms with van der Waals surface area (Å²) < 4.78 is 11.0. The van der Waals surface area contributed by atoms with Gasteiger partial charge in [0.05, 0.1) is 18.6 Å². The normalized spacial score (nSPS) is 21.2. The molecule has 0 saturated heterocycles. The Morgan fingerprint density at radius 1 is 0.865 bits per heavy atom. The maximum Gasteiger partial charge on any atom is 0.336 e. The van der Waals surface area contributed by atoms with Gasteiger partial charge in [0.1, 0.15) is 18.1 Å². The molecule has 5 rings (SSSR count). The Balaban J connectivity index is 1.50. The number of esters is 1. The number of rotatable bonds is 6. The van der Waals surface area contributed by atoms with E-state index in [-0.39, 0.29) is 18.3 Å². The van der Waals surface area contributed by atoms with Crippen molar-refractivity contribution < 1.29 is 19.1 Å². The number of aryl methyl sites for hydroxylation is 1. The van der Waals surface area contributed by atoms with Crippen molar-refractivity contribution in [3.05, 3.63) is 112 Å². The van der Waals surface area contributed by atoms with Crippen LogP contribution in [0.1, 0.15) is 53.9 Å². The lowest BCUT2D eigenvalue weighted by Crippen LogP contribution is -2.41. The fraction of sp³-hybridized carbons (Fsp3) is 0.281. The Labute approximate surface area is 217 Å². The maximum absolute atomic E-state index is 13.8. The van der Waals surface area contributed by atoms with Gasteiger partial charge in [-0.05, 0) is 55.0 Å². The van der Waals surface area contributed by atoms with Crippen LogP contribution in [0.5, 0.6) is 5.75 Å². The average molecular weight is 494 g/mol. The number of nitrogens with zero attached hydrogens (tertiary/aromatic N) is 1. The molecule has 0 bridgehead atoms. The first-order valence-electron chi connectivity index (χ1n) is 12.7. The van der Waals surface area contributed by atoms with Crippen LogP contribution >= 0.6 is 0 Å². The number of carbonyl (C=O) groups excluding carboxylic acids is 2. The van der Waals surface area contributed by atoms with Crippen LogP contribution in [0.15, 0.2) is 95.1 Å². The second-order valence-corrected chi connectivity index (χ2v) is 9.87. The van der Waals surface area contributed by atoms with Gasteiger partial charge in [-0.25, -0.2) is 4.79 Å². The van der Waals surface area contributed by atoms with Gasteiger partial charge in [0.2, 0.25) is 0 Å². The van der Waals surface area contributed by atoms with Crippen LogP contribution in [0.3, 0.4) is 0 Å². The minimum absolute atomic E-state index is 0.0476. The van der Waals surface area contributed by atoms with Gasteiger partial charge in [-0.3, -0.25) is 9.79 Å². The molecule has 37 heavy (non-hydrogen) atoms. The number of Topliss-reactive ketones (excluding diaryl/α,β-unsaturated/α-hetero) is 1. The van der Waals surface area contributed by atoms with Gasteiger partial charge in [-0.2, -0.15) is 0 Å². The number of methoxy groups -OCH3 is 1. The topological polar surface area (TPSA) is 65.0 Å². The molecule has 3 atom stereocenters. The average Bonchev–Trinajstić information content (AvgIpc) is 2.92. The molecule has 0 N–H and O–H groups in total. The molecule has 1 unspecified atom stereocenters. The lowest BCUT2D eigenvalue weighted by molar-refractivity contribution is -0.140. The van der Waals surface area contributed by atoms with Crippen molar-refractivity contribution >= 4 is 17.5 Å². The summed E-state index contributed by atoms with van der Waals surface area (Å²) in [7, 11) is 1.64. The third-order valence-corrected chi connectivity index (χ3v) is 7.41. The molecule has 2 aliphatic rings. The van der Waals surface area contributed by atoms with Crippen molar-refractivity contribution in [2.45, 2.75) is 45.1 Å². The largest absolute Gasteiger partial charge is 0.497 e. The number of hydrogen-bond acceptors (Lipinski definition) is 5. The van der Waals surface area contributed by atoms with E-state index < -0.39 is 17.8 Å². The predicted octanol–water partition coefficient (Wildman–Crippen LogP) is 6.32. The smallest absolute Gasteiger partial charge is 0.336 e. The van der Waals surface area contributed by atoms with Crippen molar-refractivity contribution in [1.82, 2.24) is 0 Å². The summed E-state index contributed by atoms with van der Waals surface area (Å²) in [5.74, 6) is -0.361. The molecular formula is C32H31NO4. The highest BCUT2D eigenvalue weighted by Crippen LogP contribution is 2.46. The molecule has 1 saturated carbocycles. The lowest BCUT2D eigenvalue weighted by Gasteiger charge is -2.38.